The largest absolute Gasteiger partial charge is 0.386 e. The van der Waals surface area contributed by atoms with Crippen LogP contribution in [0.25, 0.3) is 0 Å². The zero-order valence-corrected chi connectivity index (χ0v) is 12.8. The van der Waals surface area contributed by atoms with Gasteiger partial charge in [-0.15, -0.1) is 0 Å². The smallest absolute Gasteiger partial charge is 0.225 e. The minimum atomic E-state index is -0.577. The van der Waals surface area contributed by atoms with E-state index in [2.05, 4.69) is 6.92 Å². The summed E-state index contributed by atoms with van der Waals surface area (Å²) in [7, 11) is 0. The molecule has 114 valence electrons. The zero-order valence-electron chi connectivity index (χ0n) is 12.8. The van der Waals surface area contributed by atoms with Crippen molar-refractivity contribution in [2.45, 2.75) is 70.3 Å². The highest BCUT2D eigenvalue weighted by Gasteiger charge is 2.45. The molecule has 3 fully saturated rings. The third-order valence-electron chi connectivity index (χ3n) is 5.89. The molecule has 3 atom stereocenters. The van der Waals surface area contributed by atoms with Crippen LogP contribution >= 0.6 is 0 Å². The summed E-state index contributed by atoms with van der Waals surface area (Å²) in [6.45, 7) is 3.24. The topological polar surface area (TPSA) is 40.5 Å². The quantitative estimate of drug-likeness (QED) is 0.863. The molecular formula is C17H29NO2. The first-order valence-electron chi connectivity index (χ1n) is 8.62. The van der Waals surface area contributed by atoms with Crippen molar-refractivity contribution >= 4 is 5.91 Å². The van der Waals surface area contributed by atoms with Crippen LogP contribution in [0.3, 0.4) is 0 Å². The van der Waals surface area contributed by atoms with Gasteiger partial charge in [-0.1, -0.05) is 39.0 Å². The van der Waals surface area contributed by atoms with E-state index < -0.39 is 5.60 Å². The number of aliphatic hydroxyl groups is 1. The molecule has 1 saturated heterocycles. The van der Waals surface area contributed by atoms with Crippen LogP contribution < -0.4 is 0 Å². The van der Waals surface area contributed by atoms with Crippen molar-refractivity contribution in [3.8, 4) is 0 Å². The Morgan fingerprint density at radius 3 is 2.55 bits per heavy atom. The Morgan fingerprint density at radius 2 is 1.85 bits per heavy atom. The lowest BCUT2D eigenvalue weighted by Crippen LogP contribution is -2.64. The first-order valence-corrected chi connectivity index (χ1v) is 8.62. The van der Waals surface area contributed by atoms with E-state index in [1.165, 1.54) is 32.1 Å². The van der Waals surface area contributed by atoms with Gasteiger partial charge in [-0.3, -0.25) is 4.79 Å². The number of carbonyl (C=O) groups is 1. The molecule has 1 N–H and O–H groups in total. The number of fused-ring (bicyclic) bond motifs is 1. The first kappa shape index (κ1) is 14.4. The summed E-state index contributed by atoms with van der Waals surface area (Å²) in [6, 6.07) is 0. The van der Waals surface area contributed by atoms with Crippen molar-refractivity contribution in [3.05, 3.63) is 0 Å². The van der Waals surface area contributed by atoms with Crippen molar-refractivity contribution in [3.63, 3.8) is 0 Å². The molecule has 3 rings (SSSR count). The molecule has 2 saturated carbocycles. The molecule has 0 spiro atoms. The summed E-state index contributed by atoms with van der Waals surface area (Å²) in [4.78, 5) is 14.5. The Morgan fingerprint density at radius 1 is 1.15 bits per heavy atom. The van der Waals surface area contributed by atoms with Crippen LogP contribution in [0.2, 0.25) is 0 Å². The second-order valence-corrected chi connectivity index (χ2v) is 7.48. The summed E-state index contributed by atoms with van der Waals surface area (Å²) < 4.78 is 0. The van der Waals surface area contributed by atoms with Gasteiger partial charge in [0.05, 0.1) is 18.7 Å². The van der Waals surface area contributed by atoms with Crippen LogP contribution in [0.15, 0.2) is 0 Å². The maximum absolute atomic E-state index is 12.6. The first-order chi connectivity index (χ1) is 9.61. The average Bonchev–Trinajstić information content (AvgIpc) is 2.43. The maximum atomic E-state index is 12.6. The van der Waals surface area contributed by atoms with Gasteiger partial charge in [-0.25, -0.2) is 0 Å². The Kier molecular flexibility index (Phi) is 4.07. The van der Waals surface area contributed by atoms with Gasteiger partial charge in [0.2, 0.25) is 5.91 Å². The molecule has 1 aliphatic heterocycles. The normalized spacial score (nSPS) is 36.1. The highest BCUT2D eigenvalue weighted by Crippen LogP contribution is 2.43. The predicted octanol–water partition coefficient (Wildman–Crippen LogP) is 2.97. The maximum Gasteiger partial charge on any atom is 0.225 e. The fraction of sp³-hybridized carbons (Fsp3) is 0.941. The SMILES string of the molecule is CCCC1(O)CN(C(=O)C2CCC3CCCCC3C2)C1. The number of β-amino-alcohol motifs (C(OH)–C–C–N with tert-alkyl or cyclic N) is 1. The molecular weight excluding hydrogens is 250 g/mol. The van der Waals surface area contributed by atoms with Crippen LogP contribution in [-0.4, -0.2) is 34.6 Å². The average molecular weight is 279 g/mol. The highest BCUT2D eigenvalue weighted by molar-refractivity contribution is 5.80. The third-order valence-corrected chi connectivity index (χ3v) is 5.89. The van der Waals surface area contributed by atoms with E-state index in [1.807, 2.05) is 4.90 Å². The summed E-state index contributed by atoms with van der Waals surface area (Å²) in [5.74, 6) is 2.29. The van der Waals surface area contributed by atoms with Gasteiger partial charge in [0.1, 0.15) is 0 Å². The Bertz CT molecular complexity index is 362. The molecule has 3 unspecified atom stereocenters. The minimum absolute atomic E-state index is 0.250. The molecule has 0 aromatic carbocycles. The van der Waals surface area contributed by atoms with Gasteiger partial charge >= 0.3 is 0 Å². The lowest BCUT2D eigenvalue weighted by molar-refractivity contribution is -0.162. The van der Waals surface area contributed by atoms with Crippen molar-refractivity contribution in [1.82, 2.24) is 4.90 Å². The van der Waals surface area contributed by atoms with Crippen LogP contribution in [0.5, 0.6) is 0 Å². The molecule has 0 radical (unpaired) electrons. The molecule has 1 heterocycles. The number of carbonyl (C=O) groups excluding carboxylic acids is 1. The summed E-state index contributed by atoms with van der Waals surface area (Å²) in [5.41, 5.74) is -0.577. The number of rotatable bonds is 3. The molecule has 0 aromatic heterocycles. The fourth-order valence-electron chi connectivity index (χ4n) is 4.80. The van der Waals surface area contributed by atoms with Crippen LogP contribution in [0, 0.1) is 17.8 Å². The van der Waals surface area contributed by atoms with E-state index in [0.29, 0.717) is 19.0 Å². The zero-order chi connectivity index (χ0) is 14.2. The summed E-state index contributed by atoms with van der Waals surface area (Å²) in [5, 5.41) is 10.2. The van der Waals surface area contributed by atoms with E-state index >= 15 is 0 Å². The van der Waals surface area contributed by atoms with Gasteiger partial charge in [-0.05, 0) is 37.5 Å². The molecule has 2 aliphatic carbocycles. The second kappa shape index (κ2) is 5.67. The van der Waals surface area contributed by atoms with E-state index in [1.54, 1.807) is 0 Å². The summed E-state index contributed by atoms with van der Waals surface area (Å²) >= 11 is 0. The lowest BCUT2D eigenvalue weighted by Gasteiger charge is -2.49. The molecule has 0 bridgehead atoms. The monoisotopic (exact) mass is 279 g/mol. The number of nitrogens with zero attached hydrogens (tertiary/aromatic N) is 1. The van der Waals surface area contributed by atoms with Crippen molar-refractivity contribution in [2.24, 2.45) is 17.8 Å². The van der Waals surface area contributed by atoms with Gasteiger partial charge < -0.3 is 10.0 Å². The fourth-order valence-corrected chi connectivity index (χ4v) is 4.80. The van der Waals surface area contributed by atoms with Gasteiger partial charge in [-0.2, -0.15) is 0 Å². The minimum Gasteiger partial charge on any atom is -0.386 e. The number of amides is 1. The molecule has 0 aromatic rings. The van der Waals surface area contributed by atoms with Crippen LogP contribution in [0.4, 0.5) is 0 Å². The van der Waals surface area contributed by atoms with Crippen molar-refractivity contribution in [1.29, 1.82) is 0 Å². The molecule has 3 aliphatic rings. The van der Waals surface area contributed by atoms with Gasteiger partial charge in [0.15, 0.2) is 0 Å². The van der Waals surface area contributed by atoms with E-state index in [9.17, 15) is 9.90 Å². The Hall–Kier alpha value is -0.570. The Labute approximate surface area is 122 Å². The number of hydrogen-bond acceptors (Lipinski definition) is 2. The number of hydrogen-bond donors (Lipinski definition) is 1. The van der Waals surface area contributed by atoms with Gasteiger partial charge in [0, 0.05) is 5.92 Å². The molecule has 20 heavy (non-hydrogen) atoms. The third kappa shape index (κ3) is 2.74. The summed E-state index contributed by atoms with van der Waals surface area (Å²) in [6.07, 6.45) is 10.8. The Balaban J connectivity index is 1.51. The van der Waals surface area contributed by atoms with Crippen molar-refractivity contribution in [2.75, 3.05) is 13.1 Å². The van der Waals surface area contributed by atoms with Crippen LogP contribution in [-0.2, 0) is 4.79 Å². The molecule has 3 nitrogen and oxygen atoms in total. The molecule has 3 heteroatoms. The lowest BCUT2D eigenvalue weighted by atomic mass is 9.67. The van der Waals surface area contributed by atoms with Crippen molar-refractivity contribution < 1.29 is 9.90 Å². The standard InChI is InChI=1S/C17H29NO2/c1-2-9-17(20)11-18(12-17)16(19)15-8-7-13-5-3-4-6-14(13)10-15/h13-15,20H,2-12H2,1H3. The van der Waals surface area contributed by atoms with E-state index in [4.69, 9.17) is 0 Å². The second-order valence-electron chi connectivity index (χ2n) is 7.48. The predicted molar refractivity (Wildman–Crippen MR) is 79.2 cm³/mol. The number of likely N-dealkylation sites (tertiary alicyclic amines) is 1. The molecule has 1 amide bonds. The van der Waals surface area contributed by atoms with E-state index in [0.717, 1.165) is 37.5 Å². The van der Waals surface area contributed by atoms with Crippen LogP contribution in [0.1, 0.15) is 64.7 Å². The van der Waals surface area contributed by atoms with E-state index in [-0.39, 0.29) is 5.92 Å². The van der Waals surface area contributed by atoms with Gasteiger partial charge in [0.25, 0.3) is 0 Å². The highest BCUT2D eigenvalue weighted by atomic mass is 16.3.